The van der Waals surface area contributed by atoms with Gasteiger partial charge in [-0.3, -0.25) is 4.79 Å². The minimum atomic E-state index is -0.661. The van der Waals surface area contributed by atoms with E-state index in [1.165, 1.54) is 31.4 Å². The quantitative estimate of drug-likeness (QED) is 0.664. The molecule has 1 aliphatic rings. The Hall–Kier alpha value is -0.180. The summed E-state index contributed by atoms with van der Waals surface area (Å²) in [6.45, 7) is 0. The first-order valence-electron chi connectivity index (χ1n) is 5.58. The Balaban J connectivity index is 1.82. The molecule has 0 aromatic rings. The lowest BCUT2D eigenvalue weighted by Crippen LogP contribution is -1.98. The first-order valence-corrected chi connectivity index (χ1v) is 6.74. The monoisotopic (exact) mass is 216 g/mol. The molecule has 1 fully saturated rings. The third-order valence-corrected chi connectivity index (χ3v) is 4.04. The first-order chi connectivity index (χ1) is 6.79. The Morgan fingerprint density at radius 1 is 1.29 bits per heavy atom. The number of hydrogen-bond acceptors (Lipinski definition) is 2. The average molecular weight is 216 g/mol. The van der Waals surface area contributed by atoms with Crippen LogP contribution in [0.5, 0.6) is 0 Å². The van der Waals surface area contributed by atoms with E-state index in [4.69, 9.17) is 5.11 Å². The topological polar surface area (TPSA) is 37.3 Å². The van der Waals surface area contributed by atoms with Crippen molar-refractivity contribution >= 4 is 17.7 Å². The summed E-state index contributed by atoms with van der Waals surface area (Å²) in [6, 6.07) is 0. The third-order valence-electron chi connectivity index (χ3n) is 2.76. The summed E-state index contributed by atoms with van der Waals surface area (Å²) in [7, 11) is 0. The van der Waals surface area contributed by atoms with E-state index in [2.05, 4.69) is 0 Å². The molecule has 2 nitrogen and oxygen atoms in total. The lowest BCUT2D eigenvalue weighted by molar-refractivity contribution is -0.137. The predicted molar refractivity (Wildman–Crippen MR) is 60.8 cm³/mol. The molecule has 1 saturated carbocycles. The second-order valence-corrected chi connectivity index (χ2v) is 5.23. The molecule has 82 valence electrons. The molecule has 0 unspecified atom stereocenters. The number of aliphatic carboxylic acids is 1. The maximum atomic E-state index is 10.2. The van der Waals surface area contributed by atoms with Crippen molar-refractivity contribution in [3.8, 4) is 0 Å². The smallest absolute Gasteiger partial charge is 0.303 e. The van der Waals surface area contributed by atoms with E-state index in [9.17, 15) is 4.79 Å². The molecule has 1 aliphatic carbocycles. The van der Waals surface area contributed by atoms with E-state index < -0.39 is 5.97 Å². The highest BCUT2D eigenvalue weighted by Crippen LogP contribution is 2.28. The minimum Gasteiger partial charge on any atom is -0.481 e. The molecule has 1 rings (SSSR count). The van der Waals surface area contributed by atoms with Crippen LogP contribution in [0.4, 0.5) is 0 Å². The van der Waals surface area contributed by atoms with Gasteiger partial charge in [0.15, 0.2) is 0 Å². The van der Waals surface area contributed by atoms with Gasteiger partial charge < -0.3 is 5.11 Å². The SMILES string of the molecule is O=C(O)CCCCSCC1CCCC1. The summed E-state index contributed by atoms with van der Waals surface area (Å²) in [5, 5.41) is 8.44. The normalized spacial score (nSPS) is 17.4. The summed E-state index contributed by atoms with van der Waals surface area (Å²) in [5.41, 5.74) is 0. The number of unbranched alkanes of at least 4 members (excludes halogenated alkanes) is 1. The maximum absolute atomic E-state index is 10.2. The number of rotatable bonds is 7. The van der Waals surface area contributed by atoms with Crippen molar-refractivity contribution in [3.05, 3.63) is 0 Å². The van der Waals surface area contributed by atoms with Crippen LogP contribution in [0.3, 0.4) is 0 Å². The van der Waals surface area contributed by atoms with Crippen LogP contribution in [0.2, 0.25) is 0 Å². The molecule has 0 aromatic heterocycles. The van der Waals surface area contributed by atoms with Crippen molar-refractivity contribution in [2.75, 3.05) is 11.5 Å². The Morgan fingerprint density at radius 2 is 2.00 bits per heavy atom. The molecule has 0 spiro atoms. The van der Waals surface area contributed by atoms with E-state index in [-0.39, 0.29) is 0 Å². The molecular weight excluding hydrogens is 196 g/mol. The van der Waals surface area contributed by atoms with Gasteiger partial charge in [-0.1, -0.05) is 12.8 Å². The van der Waals surface area contributed by atoms with E-state index >= 15 is 0 Å². The van der Waals surface area contributed by atoms with Crippen molar-refractivity contribution in [1.29, 1.82) is 0 Å². The molecule has 0 aromatic carbocycles. The minimum absolute atomic E-state index is 0.337. The van der Waals surface area contributed by atoms with Crippen LogP contribution in [0, 0.1) is 5.92 Å². The molecule has 0 radical (unpaired) electrons. The van der Waals surface area contributed by atoms with Crippen LogP contribution in [0.25, 0.3) is 0 Å². The van der Waals surface area contributed by atoms with E-state index in [0.29, 0.717) is 6.42 Å². The van der Waals surface area contributed by atoms with Crippen LogP contribution in [-0.4, -0.2) is 22.6 Å². The van der Waals surface area contributed by atoms with Gasteiger partial charge in [0.25, 0.3) is 0 Å². The molecule has 0 bridgehead atoms. The molecule has 1 N–H and O–H groups in total. The zero-order chi connectivity index (χ0) is 10.2. The van der Waals surface area contributed by atoms with Gasteiger partial charge in [0, 0.05) is 6.42 Å². The number of thioether (sulfide) groups is 1. The van der Waals surface area contributed by atoms with Crippen LogP contribution in [0.1, 0.15) is 44.9 Å². The highest BCUT2D eigenvalue weighted by Gasteiger charge is 2.14. The average Bonchev–Trinajstić information content (AvgIpc) is 2.63. The second-order valence-electron chi connectivity index (χ2n) is 4.08. The summed E-state index contributed by atoms with van der Waals surface area (Å²) in [4.78, 5) is 10.2. The number of carboxylic acid groups (broad SMARTS) is 1. The van der Waals surface area contributed by atoms with E-state index in [0.717, 1.165) is 24.5 Å². The largest absolute Gasteiger partial charge is 0.481 e. The Morgan fingerprint density at radius 3 is 2.64 bits per heavy atom. The fourth-order valence-electron chi connectivity index (χ4n) is 1.91. The van der Waals surface area contributed by atoms with Crippen LogP contribution in [0.15, 0.2) is 0 Å². The standard InChI is InChI=1S/C11H20O2S/c12-11(13)7-3-4-8-14-9-10-5-1-2-6-10/h10H,1-9H2,(H,12,13). The molecule has 0 amide bonds. The summed E-state index contributed by atoms with van der Waals surface area (Å²) in [6.07, 6.45) is 7.92. The molecule has 0 atom stereocenters. The maximum Gasteiger partial charge on any atom is 0.303 e. The fraction of sp³-hybridized carbons (Fsp3) is 0.909. The fourth-order valence-corrected chi connectivity index (χ4v) is 3.15. The molecule has 14 heavy (non-hydrogen) atoms. The lowest BCUT2D eigenvalue weighted by Gasteiger charge is -2.07. The summed E-state index contributed by atoms with van der Waals surface area (Å²) < 4.78 is 0. The molecule has 0 saturated heterocycles. The number of carbonyl (C=O) groups is 1. The highest BCUT2D eigenvalue weighted by atomic mass is 32.2. The number of hydrogen-bond donors (Lipinski definition) is 1. The van der Waals surface area contributed by atoms with Gasteiger partial charge in [0.1, 0.15) is 0 Å². The summed E-state index contributed by atoms with van der Waals surface area (Å²) >= 11 is 2.01. The second kappa shape index (κ2) is 7.16. The number of carboxylic acids is 1. The van der Waals surface area contributed by atoms with Gasteiger partial charge in [0.05, 0.1) is 0 Å². The van der Waals surface area contributed by atoms with Gasteiger partial charge >= 0.3 is 5.97 Å². The van der Waals surface area contributed by atoms with Gasteiger partial charge in [-0.25, -0.2) is 0 Å². The predicted octanol–water partition coefficient (Wildman–Crippen LogP) is 3.16. The van der Waals surface area contributed by atoms with Crippen molar-refractivity contribution in [3.63, 3.8) is 0 Å². The zero-order valence-electron chi connectivity index (χ0n) is 8.71. The molecule has 0 heterocycles. The molecule has 0 aliphatic heterocycles. The van der Waals surface area contributed by atoms with Gasteiger partial charge in [-0.15, -0.1) is 0 Å². The Bertz CT molecular complexity index is 165. The van der Waals surface area contributed by atoms with Gasteiger partial charge in [0.2, 0.25) is 0 Å². The zero-order valence-corrected chi connectivity index (χ0v) is 9.52. The van der Waals surface area contributed by atoms with Crippen molar-refractivity contribution in [2.45, 2.75) is 44.9 Å². The van der Waals surface area contributed by atoms with Gasteiger partial charge in [-0.2, -0.15) is 11.8 Å². The van der Waals surface area contributed by atoms with Crippen molar-refractivity contribution < 1.29 is 9.90 Å². The van der Waals surface area contributed by atoms with E-state index in [1.54, 1.807) is 0 Å². The first kappa shape index (κ1) is 11.9. The summed E-state index contributed by atoms with van der Waals surface area (Å²) in [5.74, 6) is 2.74. The molecular formula is C11H20O2S. The van der Waals surface area contributed by atoms with Gasteiger partial charge in [-0.05, 0) is 43.1 Å². The Labute approximate surface area is 90.5 Å². The third kappa shape index (κ3) is 5.53. The van der Waals surface area contributed by atoms with Crippen LogP contribution < -0.4 is 0 Å². The molecule has 3 heteroatoms. The van der Waals surface area contributed by atoms with E-state index in [1.807, 2.05) is 11.8 Å². The van der Waals surface area contributed by atoms with Crippen LogP contribution in [-0.2, 0) is 4.79 Å². The van der Waals surface area contributed by atoms with Crippen molar-refractivity contribution in [1.82, 2.24) is 0 Å². The highest BCUT2D eigenvalue weighted by molar-refractivity contribution is 7.99. The van der Waals surface area contributed by atoms with Crippen molar-refractivity contribution in [2.24, 2.45) is 5.92 Å². The lowest BCUT2D eigenvalue weighted by atomic mass is 10.1. The van der Waals surface area contributed by atoms with Crippen LogP contribution >= 0.6 is 11.8 Å². The Kier molecular flexibility index (Phi) is 6.08.